The van der Waals surface area contributed by atoms with Gasteiger partial charge >= 0.3 is 0 Å². The van der Waals surface area contributed by atoms with E-state index in [0.29, 0.717) is 23.1 Å². The van der Waals surface area contributed by atoms with Gasteiger partial charge in [0, 0.05) is 30.7 Å². The molecule has 1 saturated carbocycles. The zero-order valence-corrected chi connectivity index (χ0v) is 11.8. The van der Waals surface area contributed by atoms with Crippen molar-refractivity contribution in [2.45, 2.75) is 32.2 Å². The summed E-state index contributed by atoms with van der Waals surface area (Å²) < 4.78 is 19.0. The molecule has 1 aliphatic carbocycles. The maximum atomic E-state index is 13.6. The fraction of sp³-hybridized carbons (Fsp3) is 0.562. The Morgan fingerprint density at radius 2 is 2.20 bits per heavy atom. The fourth-order valence-corrected chi connectivity index (χ4v) is 2.68. The van der Waals surface area contributed by atoms with Gasteiger partial charge in [-0.2, -0.15) is 0 Å². The normalized spacial score (nSPS) is 22.0. The quantitative estimate of drug-likeness (QED) is 0.847. The van der Waals surface area contributed by atoms with E-state index in [4.69, 9.17) is 4.74 Å². The third-order valence-electron chi connectivity index (χ3n) is 4.15. The van der Waals surface area contributed by atoms with Crippen LogP contribution in [0.25, 0.3) is 0 Å². The van der Waals surface area contributed by atoms with E-state index in [1.165, 1.54) is 6.07 Å². The van der Waals surface area contributed by atoms with Crippen LogP contribution in [0.4, 0.5) is 4.39 Å². The Hall–Kier alpha value is -1.42. The summed E-state index contributed by atoms with van der Waals surface area (Å²) in [4.78, 5) is 14.5. The molecule has 0 bridgehead atoms. The minimum atomic E-state index is -0.309. The first kappa shape index (κ1) is 13.6. The molecule has 0 N–H and O–H groups in total. The topological polar surface area (TPSA) is 29.5 Å². The standard InChI is InChI=1S/C16H20FNO2/c1-11-2-3-13(8-15(11)17)16(19)18(14-4-5-14)9-12-6-7-20-10-12/h2-3,8,12,14H,4-7,9-10H2,1H3. The van der Waals surface area contributed by atoms with E-state index in [-0.39, 0.29) is 11.7 Å². The van der Waals surface area contributed by atoms with Crippen LogP contribution < -0.4 is 0 Å². The number of nitrogens with zero attached hydrogens (tertiary/aromatic N) is 1. The van der Waals surface area contributed by atoms with Gasteiger partial charge in [0.2, 0.25) is 0 Å². The van der Waals surface area contributed by atoms with Crippen molar-refractivity contribution in [2.75, 3.05) is 19.8 Å². The van der Waals surface area contributed by atoms with Crippen LogP contribution in [0.2, 0.25) is 0 Å². The maximum Gasteiger partial charge on any atom is 0.254 e. The molecular weight excluding hydrogens is 257 g/mol. The lowest BCUT2D eigenvalue weighted by molar-refractivity contribution is 0.0705. The number of carbonyl (C=O) groups excluding carboxylic acids is 1. The van der Waals surface area contributed by atoms with Gasteiger partial charge in [-0.3, -0.25) is 4.79 Å². The number of rotatable bonds is 4. The van der Waals surface area contributed by atoms with E-state index in [1.54, 1.807) is 19.1 Å². The van der Waals surface area contributed by atoms with Crippen molar-refractivity contribution in [1.29, 1.82) is 0 Å². The van der Waals surface area contributed by atoms with Crippen molar-refractivity contribution in [1.82, 2.24) is 4.90 Å². The van der Waals surface area contributed by atoms with Crippen LogP contribution >= 0.6 is 0 Å². The molecule has 1 atom stereocenters. The molecule has 1 aromatic carbocycles. The van der Waals surface area contributed by atoms with E-state index in [1.807, 2.05) is 4.90 Å². The minimum absolute atomic E-state index is 0.0432. The third kappa shape index (κ3) is 2.85. The highest BCUT2D eigenvalue weighted by Gasteiger charge is 2.35. The van der Waals surface area contributed by atoms with Gasteiger partial charge < -0.3 is 9.64 Å². The lowest BCUT2D eigenvalue weighted by Gasteiger charge is -2.25. The van der Waals surface area contributed by atoms with Crippen molar-refractivity contribution in [2.24, 2.45) is 5.92 Å². The van der Waals surface area contributed by atoms with Crippen molar-refractivity contribution < 1.29 is 13.9 Å². The number of carbonyl (C=O) groups is 1. The van der Waals surface area contributed by atoms with Crippen molar-refractivity contribution in [3.05, 3.63) is 35.1 Å². The van der Waals surface area contributed by atoms with E-state index < -0.39 is 0 Å². The van der Waals surface area contributed by atoms with Crippen molar-refractivity contribution in [3.8, 4) is 0 Å². The summed E-state index contributed by atoms with van der Waals surface area (Å²) in [5, 5.41) is 0. The summed E-state index contributed by atoms with van der Waals surface area (Å²) in [7, 11) is 0. The number of hydrogen-bond donors (Lipinski definition) is 0. The summed E-state index contributed by atoms with van der Waals surface area (Å²) in [6.45, 7) is 3.96. The summed E-state index contributed by atoms with van der Waals surface area (Å²) in [5.41, 5.74) is 1.03. The first-order valence-electron chi connectivity index (χ1n) is 7.30. The van der Waals surface area contributed by atoms with Gasteiger partial charge in [-0.05, 0) is 43.9 Å². The molecule has 1 aromatic rings. The number of aryl methyl sites for hydroxylation is 1. The molecule has 1 heterocycles. The van der Waals surface area contributed by atoms with Gasteiger partial charge in [-0.1, -0.05) is 6.07 Å². The van der Waals surface area contributed by atoms with Crippen LogP contribution in [0.1, 0.15) is 35.2 Å². The highest BCUT2D eigenvalue weighted by Crippen LogP contribution is 2.30. The molecule has 1 saturated heterocycles. The molecule has 1 aliphatic heterocycles. The summed E-state index contributed by atoms with van der Waals surface area (Å²) in [6, 6.07) is 5.10. The van der Waals surface area contributed by atoms with Gasteiger partial charge in [0.25, 0.3) is 5.91 Å². The van der Waals surface area contributed by atoms with Crippen LogP contribution in [-0.2, 0) is 4.74 Å². The zero-order chi connectivity index (χ0) is 14.1. The van der Waals surface area contributed by atoms with Gasteiger partial charge in [0.1, 0.15) is 5.82 Å². The highest BCUT2D eigenvalue weighted by molar-refractivity contribution is 5.94. The average molecular weight is 277 g/mol. The maximum absolute atomic E-state index is 13.6. The van der Waals surface area contributed by atoms with Crippen LogP contribution in [0.3, 0.4) is 0 Å². The van der Waals surface area contributed by atoms with E-state index >= 15 is 0 Å². The van der Waals surface area contributed by atoms with Crippen LogP contribution in [0.15, 0.2) is 18.2 Å². The van der Waals surface area contributed by atoms with Gasteiger partial charge in [0.05, 0.1) is 6.61 Å². The third-order valence-corrected chi connectivity index (χ3v) is 4.15. The Morgan fingerprint density at radius 1 is 1.40 bits per heavy atom. The smallest absolute Gasteiger partial charge is 0.254 e. The number of hydrogen-bond acceptors (Lipinski definition) is 2. The van der Waals surface area contributed by atoms with Crippen molar-refractivity contribution >= 4 is 5.91 Å². The van der Waals surface area contributed by atoms with Gasteiger partial charge in [-0.25, -0.2) is 4.39 Å². The number of halogens is 1. The van der Waals surface area contributed by atoms with Crippen molar-refractivity contribution in [3.63, 3.8) is 0 Å². The lowest BCUT2D eigenvalue weighted by Crippen LogP contribution is -2.37. The largest absolute Gasteiger partial charge is 0.381 e. The Bertz CT molecular complexity index is 507. The van der Waals surface area contributed by atoms with Crippen LogP contribution in [0.5, 0.6) is 0 Å². The Morgan fingerprint density at radius 3 is 2.80 bits per heavy atom. The predicted octanol–water partition coefficient (Wildman–Crippen LogP) is 2.78. The molecule has 2 fully saturated rings. The monoisotopic (exact) mass is 277 g/mol. The second-order valence-corrected chi connectivity index (χ2v) is 5.88. The molecule has 108 valence electrons. The molecule has 1 amide bonds. The molecule has 0 aromatic heterocycles. The first-order valence-corrected chi connectivity index (χ1v) is 7.30. The molecule has 1 unspecified atom stereocenters. The van der Waals surface area contributed by atoms with Gasteiger partial charge in [-0.15, -0.1) is 0 Å². The second-order valence-electron chi connectivity index (χ2n) is 5.88. The average Bonchev–Trinajstić information content (AvgIpc) is 3.15. The fourth-order valence-electron chi connectivity index (χ4n) is 2.68. The highest BCUT2D eigenvalue weighted by atomic mass is 19.1. The van der Waals surface area contributed by atoms with Crippen LogP contribution in [0, 0.1) is 18.7 Å². The first-order chi connectivity index (χ1) is 9.65. The predicted molar refractivity (Wildman–Crippen MR) is 74.1 cm³/mol. The summed E-state index contributed by atoms with van der Waals surface area (Å²) >= 11 is 0. The van der Waals surface area contributed by atoms with E-state index in [2.05, 4.69) is 0 Å². The molecule has 0 radical (unpaired) electrons. The lowest BCUT2D eigenvalue weighted by atomic mass is 10.1. The molecule has 3 rings (SSSR count). The van der Waals surface area contributed by atoms with Gasteiger partial charge in [0.15, 0.2) is 0 Å². The Balaban J connectivity index is 1.75. The zero-order valence-electron chi connectivity index (χ0n) is 11.8. The van der Waals surface area contributed by atoms with Crippen LogP contribution in [-0.4, -0.2) is 36.6 Å². The number of amides is 1. The molecule has 3 nitrogen and oxygen atoms in total. The SMILES string of the molecule is Cc1ccc(C(=O)N(CC2CCOC2)C2CC2)cc1F. The molecule has 0 spiro atoms. The van der Waals surface area contributed by atoms with E-state index in [0.717, 1.165) is 39.0 Å². The Kier molecular flexibility index (Phi) is 3.74. The number of ether oxygens (including phenoxy) is 1. The molecule has 4 heteroatoms. The molecular formula is C16H20FNO2. The number of benzene rings is 1. The Labute approximate surface area is 118 Å². The molecule has 2 aliphatic rings. The summed E-state index contributed by atoms with van der Waals surface area (Å²) in [5.74, 6) is 0.0731. The second kappa shape index (κ2) is 5.52. The molecule has 20 heavy (non-hydrogen) atoms. The van der Waals surface area contributed by atoms with E-state index in [9.17, 15) is 9.18 Å². The minimum Gasteiger partial charge on any atom is -0.381 e. The summed E-state index contributed by atoms with van der Waals surface area (Å²) in [6.07, 6.45) is 3.14.